The highest BCUT2D eigenvalue weighted by molar-refractivity contribution is 6.02. The molecule has 0 fully saturated rings. The fourth-order valence-electron chi connectivity index (χ4n) is 5.27. The minimum Gasteiger partial charge on any atom is -0.361 e. The van der Waals surface area contributed by atoms with Crippen molar-refractivity contribution in [2.75, 3.05) is 0 Å². The Balaban J connectivity index is 1.67. The fourth-order valence-corrected chi connectivity index (χ4v) is 5.27. The van der Waals surface area contributed by atoms with Crippen LogP contribution < -0.4 is 0 Å². The third-order valence-electron chi connectivity index (χ3n) is 7.26. The molecule has 0 bridgehead atoms. The molecule has 0 aliphatic rings. The molecule has 175 valence electrons. The van der Waals surface area contributed by atoms with E-state index in [1.807, 2.05) is 30.5 Å². The Morgan fingerprint density at radius 2 is 1.54 bits per heavy atom. The van der Waals surface area contributed by atoms with E-state index in [4.69, 9.17) is 0 Å². The number of fused-ring (bicyclic) bond motifs is 1. The number of Topliss-reactive ketones (excluding diaryl/α,β-unsaturated/α-hetero) is 1. The van der Waals surface area contributed by atoms with Crippen LogP contribution in [0.5, 0.6) is 0 Å². The van der Waals surface area contributed by atoms with Gasteiger partial charge in [0, 0.05) is 29.5 Å². The second-order valence-corrected chi connectivity index (χ2v) is 9.55. The van der Waals surface area contributed by atoms with E-state index < -0.39 is 11.3 Å². The Morgan fingerprint density at radius 3 is 2.23 bits per heavy atom. The highest BCUT2D eigenvalue weighted by Gasteiger charge is 2.46. The van der Waals surface area contributed by atoms with Gasteiger partial charge in [0.15, 0.2) is 5.82 Å². The predicted molar refractivity (Wildman–Crippen MR) is 141 cm³/mol. The number of aromatic amines is 2. The summed E-state index contributed by atoms with van der Waals surface area (Å²) in [5, 5.41) is 1.07. The van der Waals surface area contributed by atoms with Gasteiger partial charge in [-0.15, -0.1) is 0 Å². The number of nitrogens with zero attached hydrogens (tertiary/aromatic N) is 1. The number of carbonyl (C=O) groups is 1. The number of para-hydroxylation sites is 1. The van der Waals surface area contributed by atoms with Crippen LogP contribution in [0.15, 0.2) is 104 Å². The summed E-state index contributed by atoms with van der Waals surface area (Å²) in [6, 6.07) is 29.2. The van der Waals surface area contributed by atoms with Gasteiger partial charge in [0.25, 0.3) is 0 Å². The molecule has 0 aliphatic carbocycles. The first-order chi connectivity index (χ1) is 17.1. The van der Waals surface area contributed by atoms with Crippen molar-refractivity contribution in [3.8, 4) is 0 Å². The van der Waals surface area contributed by atoms with Gasteiger partial charge < -0.3 is 9.97 Å². The predicted octanol–water partition coefficient (Wildman–Crippen LogP) is 6.94. The van der Waals surface area contributed by atoms with Gasteiger partial charge in [-0.25, -0.2) is 4.98 Å². The summed E-state index contributed by atoms with van der Waals surface area (Å²) in [4.78, 5) is 25.1. The molecule has 1 radical (unpaired) electrons. The summed E-state index contributed by atoms with van der Waals surface area (Å²) in [6.07, 6.45) is 6.91. The van der Waals surface area contributed by atoms with Gasteiger partial charge in [-0.2, -0.15) is 0 Å². The monoisotopic (exact) mass is 460 g/mol. The van der Waals surface area contributed by atoms with E-state index in [1.54, 1.807) is 12.4 Å². The number of nitrogens with one attached hydrogen (secondary N) is 2. The van der Waals surface area contributed by atoms with Crippen molar-refractivity contribution in [1.29, 1.82) is 0 Å². The van der Waals surface area contributed by atoms with Crippen LogP contribution in [0.3, 0.4) is 0 Å². The van der Waals surface area contributed by atoms with Crippen molar-refractivity contribution in [2.24, 2.45) is 5.41 Å². The van der Waals surface area contributed by atoms with Gasteiger partial charge >= 0.3 is 0 Å². The number of rotatable bonds is 9. The molecule has 2 heterocycles. The minimum absolute atomic E-state index is 0.00518. The van der Waals surface area contributed by atoms with Crippen molar-refractivity contribution >= 4 is 16.7 Å². The van der Waals surface area contributed by atoms with E-state index in [0.29, 0.717) is 5.82 Å². The Hall–Kier alpha value is -3.92. The van der Waals surface area contributed by atoms with Gasteiger partial charge in [-0.3, -0.25) is 4.79 Å². The highest BCUT2D eigenvalue weighted by atomic mass is 16.1. The average Bonchev–Trinajstić information content (AvgIpc) is 3.56. The molecule has 0 amide bonds. The third-order valence-corrected chi connectivity index (χ3v) is 7.26. The Labute approximate surface area is 206 Å². The molecule has 4 nitrogen and oxygen atoms in total. The summed E-state index contributed by atoms with van der Waals surface area (Å²) in [6.45, 7) is 4.44. The van der Waals surface area contributed by atoms with Crippen molar-refractivity contribution < 1.29 is 4.79 Å². The number of benzene rings is 3. The normalized spacial score (nSPS) is 14.1. The summed E-state index contributed by atoms with van der Waals surface area (Å²) in [5.41, 5.74) is 4.02. The first-order valence-electron chi connectivity index (χ1n) is 12.1. The van der Waals surface area contributed by atoms with Gasteiger partial charge in [0.2, 0.25) is 5.78 Å². The maximum absolute atomic E-state index is 14.2. The van der Waals surface area contributed by atoms with Crippen LogP contribution in [0.4, 0.5) is 0 Å². The smallest absolute Gasteiger partial charge is 0.206 e. The zero-order chi connectivity index (χ0) is 24.3. The zero-order valence-electron chi connectivity index (χ0n) is 20.2. The fraction of sp³-hybridized carbons (Fsp3) is 0.194. The molecule has 35 heavy (non-hydrogen) atoms. The lowest BCUT2D eigenvalue weighted by Gasteiger charge is -2.42. The first-order valence-corrected chi connectivity index (χ1v) is 12.1. The molecule has 5 aromatic rings. The lowest BCUT2D eigenvalue weighted by molar-refractivity contribution is 0.0868. The quantitative estimate of drug-likeness (QED) is 0.234. The Bertz CT molecular complexity index is 1390. The second-order valence-electron chi connectivity index (χ2n) is 9.55. The number of H-pyrrole nitrogens is 2. The molecule has 3 aromatic carbocycles. The molecule has 0 saturated carbocycles. The Morgan fingerprint density at radius 1 is 0.886 bits per heavy atom. The van der Waals surface area contributed by atoms with Crippen LogP contribution in [0.25, 0.3) is 10.9 Å². The first kappa shape index (κ1) is 22.9. The van der Waals surface area contributed by atoms with Crippen LogP contribution in [-0.2, 0) is 12.8 Å². The molecule has 2 unspecified atom stereocenters. The van der Waals surface area contributed by atoms with Crippen molar-refractivity contribution in [3.05, 3.63) is 132 Å². The lowest BCUT2D eigenvalue weighted by Crippen LogP contribution is -2.39. The SMILES string of the molecule is C[C](Cc1ccccc1)C(C)(Cc1ccccc1)C(C(=O)c1ncc[nH]1)c1c[nH]c2ccccc12. The summed E-state index contributed by atoms with van der Waals surface area (Å²) < 4.78 is 0. The van der Waals surface area contributed by atoms with E-state index in [9.17, 15) is 4.79 Å². The minimum atomic E-state index is -0.466. The lowest BCUT2D eigenvalue weighted by atomic mass is 9.60. The summed E-state index contributed by atoms with van der Waals surface area (Å²) in [5.74, 6) is 1.24. The van der Waals surface area contributed by atoms with Gasteiger partial charge in [0.05, 0.1) is 5.92 Å². The van der Waals surface area contributed by atoms with Gasteiger partial charge in [-0.1, -0.05) is 92.7 Å². The van der Waals surface area contributed by atoms with Crippen LogP contribution in [0.1, 0.15) is 47.1 Å². The largest absolute Gasteiger partial charge is 0.361 e. The molecule has 2 aromatic heterocycles. The maximum atomic E-state index is 14.2. The number of imidazole rings is 1. The van der Waals surface area contributed by atoms with E-state index >= 15 is 0 Å². The molecule has 0 spiro atoms. The van der Waals surface area contributed by atoms with Crippen LogP contribution >= 0.6 is 0 Å². The number of ketones is 1. The van der Waals surface area contributed by atoms with Crippen molar-refractivity contribution in [2.45, 2.75) is 32.6 Å². The summed E-state index contributed by atoms with van der Waals surface area (Å²) in [7, 11) is 0. The van der Waals surface area contributed by atoms with Crippen molar-refractivity contribution in [1.82, 2.24) is 15.0 Å². The third kappa shape index (κ3) is 4.57. The van der Waals surface area contributed by atoms with Crippen LogP contribution in [0.2, 0.25) is 0 Å². The number of aromatic nitrogens is 3. The average molecular weight is 461 g/mol. The standard InChI is InChI=1S/C31H30N3O/c1-22(19-23-11-5-3-6-12-23)31(2,20-24-13-7-4-8-14-24)28(29(35)30-32-17-18-33-30)26-21-34-27-16-10-9-15-25(26)27/h3-18,21,28,34H,19-20H2,1-2H3,(H,32,33). The molecular formula is C31H30N3O. The maximum Gasteiger partial charge on any atom is 0.206 e. The van der Waals surface area contributed by atoms with E-state index in [-0.39, 0.29) is 5.78 Å². The number of carbonyl (C=O) groups excluding carboxylic acids is 1. The second kappa shape index (κ2) is 9.75. The topological polar surface area (TPSA) is 61.5 Å². The zero-order valence-corrected chi connectivity index (χ0v) is 20.2. The highest BCUT2D eigenvalue weighted by Crippen LogP contribution is 2.49. The van der Waals surface area contributed by atoms with E-state index in [0.717, 1.165) is 29.3 Å². The molecular weight excluding hydrogens is 430 g/mol. The molecule has 0 aliphatic heterocycles. The van der Waals surface area contributed by atoms with E-state index in [1.165, 1.54) is 17.0 Å². The number of hydrogen-bond donors (Lipinski definition) is 2. The molecule has 4 heteroatoms. The molecule has 0 saturated heterocycles. The molecule has 5 rings (SSSR count). The molecule has 2 atom stereocenters. The van der Waals surface area contributed by atoms with E-state index in [2.05, 4.69) is 89.5 Å². The van der Waals surface area contributed by atoms with Gasteiger partial charge in [0.1, 0.15) is 0 Å². The van der Waals surface area contributed by atoms with Crippen molar-refractivity contribution in [3.63, 3.8) is 0 Å². The molecule has 2 N–H and O–H groups in total. The summed E-state index contributed by atoms with van der Waals surface area (Å²) >= 11 is 0. The number of hydrogen-bond acceptors (Lipinski definition) is 2. The van der Waals surface area contributed by atoms with Crippen LogP contribution in [-0.4, -0.2) is 20.7 Å². The van der Waals surface area contributed by atoms with Gasteiger partial charge in [-0.05, 0) is 46.9 Å². The Kier molecular flexibility index (Phi) is 6.37. The van der Waals surface area contributed by atoms with Crippen LogP contribution in [0, 0.1) is 11.3 Å².